The molecule has 0 fully saturated rings. The molecule has 11 rings (SSSR count). The molecule has 0 saturated carbocycles. The number of sulfonamides is 2. The second-order valence-electron chi connectivity index (χ2n) is 20.5. The van der Waals surface area contributed by atoms with E-state index in [-0.39, 0.29) is 64.6 Å². The SMILES string of the molecule is COc1ccc(-n2ccnc2C(Cc2cc(F)cc(F)c2)NC(=O)NS(=O)(=O)c2ccccc2F)cc1.COc1ccc(-n2ccnc2C(N)Cc2cc(F)cc(F)c2)cc1.COc1ccc(-n2ccnc2C=O)cc1.Cc1ccccc1S(=O)(=O)N=C=O.[CH2-]c1cc(F)cc(F)c1.[Cl-].[Mg+2]. The molecule has 20 nitrogen and oxygen atoms in total. The van der Waals surface area contributed by atoms with Gasteiger partial charge < -0.3 is 46.8 Å². The number of ether oxygens (including phenoxy) is 3. The molecule has 516 valence electrons. The number of rotatable bonds is 18. The summed E-state index contributed by atoms with van der Waals surface area (Å²) in [6.07, 6.45) is 11.7. The van der Waals surface area contributed by atoms with Crippen LogP contribution in [0.2, 0.25) is 0 Å². The maximum Gasteiger partial charge on any atom is 2.00 e. The zero-order valence-corrected chi connectivity index (χ0v) is 57.2. The molecule has 100 heavy (non-hydrogen) atoms. The van der Waals surface area contributed by atoms with Crippen molar-refractivity contribution < 1.29 is 88.6 Å². The first-order chi connectivity index (χ1) is 46.8. The van der Waals surface area contributed by atoms with Gasteiger partial charge in [0.05, 0.1) is 49.9 Å². The number of benzene rings is 8. The third-order valence-electron chi connectivity index (χ3n) is 13.7. The molecular formula is C69H60ClF7MgN10O10S2. The number of amides is 2. The number of nitrogens with zero attached hydrogens (tertiary/aromatic N) is 7. The Hall–Kier alpha value is -10.6. The Labute approximate surface area is 593 Å². The zero-order chi connectivity index (χ0) is 71.1. The predicted octanol–water partition coefficient (Wildman–Crippen LogP) is 9.15. The van der Waals surface area contributed by atoms with Crippen LogP contribution in [0.25, 0.3) is 17.1 Å². The Bertz CT molecular complexity index is 4710. The summed E-state index contributed by atoms with van der Waals surface area (Å²) < 4.78 is 165. The number of hydrogen-bond acceptors (Lipinski definition) is 14. The monoisotopic (exact) mass is 1440 g/mol. The first-order valence-corrected chi connectivity index (χ1v) is 31.7. The number of urea groups is 1. The summed E-state index contributed by atoms with van der Waals surface area (Å²) in [5, 5.41) is 2.48. The molecule has 3 aromatic heterocycles. The number of hydrogen-bond donors (Lipinski definition) is 3. The number of imidazole rings is 3. The minimum Gasteiger partial charge on any atom is -1.00 e. The van der Waals surface area contributed by atoms with Crippen molar-refractivity contribution in [2.24, 2.45) is 10.1 Å². The van der Waals surface area contributed by atoms with Crippen molar-refractivity contribution in [3.8, 4) is 34.3 Å². The Morgan fingerprint density at radius 3 is 1.42 bits per heavy atom. The van der Waals surface area contributed by atoms with Gasteiger partial charge in [-0.3, -0.25) is 9.36 Å². The van der Waals surface area contributed by atoms with Crippen LogP contribution in [0.1, 0.15) is 56.6 Å². The molecular weight excluding hydrogens is 1390 g/mol. The van der Waals surface area contributed by atoms with E-state index in [0.717, 1.165) is 71.6 Å². The normalized spacial score (nSPS) is 11.1. The number of carbonyl (C=O) groups excluding carboxylic acids is 3. The van der Waals surface area contributed by atoms with Crippen molar-refractivity contribution in [2.45, 2.75) is 41.6 Å². The van der Waals surface area contributed by atoms with Crippen molar-refractivity contribution in [2.75, 3.05) is 21.3 Å². The van der Waals surface area contributed by atoms with Crippen molar-refractivity contribution in [3.63, 3.8) is 0 Å². The van der Waals surface area contributed by atoms with Crippen LogP contribution in [0.3, 0.4) is 0 Å². The Morgan fingerprint density at radius 1 is 0.580 bits per heavy atom. The van der Waals surface area contributed by atoms with E-state index in [1.54, 1.807) is 108 Å². The molecule has 31 heteroatoms. The van der Waals surface area contributed by atoms with E-state index in [4.69, 9.17) is 19.9 Å². The summed E-state index contributed by atoms with van der Waals surface area (Å²) in [6.45, 7) is 4.99. The van der Waals surface area contributed by atoms with Crippen molar-refractivity contribution >= 4 is 61.5 Å². The summed E-state index contributed by atoms with van der Waals surface area (Å²) in [5.41, 5.74) is 10.2. The van der Waals surface area contributed by atoms with Crippen LogP contribution in [0.5, 0.6) is 17.2 Å². The summed E-state index contributed by atoms with van der Waals surface area (Å²) in [7, 11) is -3.66. The first-order valence-electron chi connectivity index (χ1n) is 28.7. The van der Waals surface area contributed by atoms with E-state index in [1.807, 2.05) is 53.1 Å². The van der Waals surface area contributed by atoms with E-state index >= 15 is 0 Å². The van der Waals surface area contributed by atoms with Gasteiger partial charge in [-0.2, -0.15) is 20.9 Å². The molecule has 2 atom stereocenters. The van der Waals surface area contributed by atoms with E-state index < -0.39 is 83.8 Å². The number of methoxy groups -OCH3 is 3. The van der Waals surface area contributed by atoms with Gasteiger partial charge in [-0.05, 0) is 151 Å². The van der Waals surface area contributed by atoms with Crippen LogP contribution in [0.4, 0.5) is 35.5 Å². The standard InChI is InChI=1S/C25H21F3N4O4S.C18H17F2N3O.C11H10N2O2.C8H7NO3S.C7H5F2.ClH.Mg/c1-36-20-8-6-19(7-9-20)32-11-10-29-24(32)22(14-16-12-17(26)15-18(27)13-16)30-25(33)31-37(34,35)23-5-3-2-4-21(23)28;1-24-16-4-2-15(3-5-16)23-7-6-22-18(23)17(21)10-12-8-13(19)11-14(20)9-12;1-15-10-4-2-9(3-5-10)13-7-6-12-11(13)8-14;1-7-4-2-3-5-8(7)13(11,12)9-6-10;1-5-2-6(8)4-7(9)3-5;;/h2-13,15,22H,14H2,1H3,(H2,30,31,33);2-9,11,17H,10,21H2,1H3;2-8H,1H3;2-5H,1H3;2-4H,1H2;1H;/q;;;;-1;;+2/p-1. The molecule has 0 aliphatic carbocycles. The van der Waals surface area contributed by atoms with Crippen molar-refractivity contribution in [1.82, 2.24) is 38.7 Å². The van der Waals surface area contributed by atoms with Gasteiger partial charge in [0.15, 0.2) is 12.1 Å². The van der Waals surface area contributed by atoms with E-state index in [1.165, 1.54) is 55.8 Å². The fraction of sp³-hybridized carbons (Fsp3) is 0.116. The van der Waals surface area contributed by atoms with Gasteiger partial charge in [0.1, 0.15) is 62.9 Å². The van der Waals surface area contributed by atoms with Gasteiger partial charge in [0, 0.05) is 72.8 Å². The molecule has 2 amide bonds. The van der Waals surface area contributed by atoms with Gasteiger partial charge in [-0.25, -0.2) is 68.4 Å². The summed E-state index contributed by atoms with van der Waals surface area (Å²) in [4.78, 5) is 45.1. The second-order valence-corrected chi connectivity index (χ2v) is 23.7. The molecule has 3 heterocycles. The molecule has 0 saturated heterocycles. The number of aldehydes is 1. The summed E-state index contributed by atoms with van der Waals surface area (Å²) in [6, 6.07) is 39.3. The van der Waals surface area contributed by atoms with Crippen LogP contribution in [0.15, 0.2) is 227 Å². The number of isocyanates is 1. The fourth-order valence-corrected chi connectivity index (χ4v) is 11.2. The molecule has 8 aromatic carbocycles. The van der Waals surface area contributed by atoms with Gasteiger partial charge in [-0.15, -0.1) is 12.1 Å². The van der Waals surface area contributed by atoms with E-state index in [0.29, 0.717) is 45.8 Å². The topological polar surface area (TPSA) is 263 Å². The van der Waals surface area contributed by atoms with E-state index in [2.05, 4.69) is 31.6 Å². The molecule has 0 aliphatic heterocycles. The number of aromatic nitrogens is 6. The van der Waals surface area contributed by atoms with Crippen molar-refractivity contribution in [3.05, 3.63) is 300 Å². The Kier molecular flexibility index (Phi) is 30.4. The second kappa shape index (κ2) is 38.0. The van der Waals surface area contributed by atoms with Crippen LogP contribution < -0.4 is 42.4 Å². The molecule has 0 aliphatic rings. The zero-order valence-electron chi connectivity index (χ0n) is 53.4. The first kappa shape index (κ1) is 80.1. The fourth-order valence-electron chi connectivity index (χ4n) is 9.28. The molecule has 2 unspecified atom stereocenters. The largest absolute Gasteiger partial charge is 2.00 e. The molecule has 0 radical (unpaired) electrons. The number of nitrogens with two attached hydrogens (primary N) is 1. The molecule has 11 aromatic rings. The van der Waals surface area contributed by atoms with Crippen LogP contribution in [-0.4, -0.2) is 108 Å². The van der Waals surface area contributed by atoms with Crippen LogP contribution in [-0.2, 0) is 37.7 Å². The predicted molar refractivity (Wildman–Crippen MR) is 354 cm³/mol. The number of aryl methyl sites for hydroxylation is 1. The van der Waals surface area contributed by atoms with Gasteiger partial charge in [-0.1, -0.05) is 34.7 Å². The maximum absolute atomic E-state index is 14.0. The maximum atomic E-state index is 14.0. The third kappa shape index (κ3) is 23.0. The Balaban J connectivity index is 0.000000245. The third-order valence-corrected chi connectivity index (χ3v) is 16.4. The van der Waals surface area contributed by atoms with Crippen LogP contribution >= 0.6 is 0 Å². The number of halogens is 8. The average Bonchev–Trinajstić information content (AvgIpc) is 1.35. The number of nitrogens with one attached hydrogen (secondary N) is 2. The smallest absolute Gasteiger partial charge is 1.00 e. The minimum atomic E-state index is -4.56. The number of carbonyl (C=O) groups is 2. The summed E-state index contributed by atoms with van der Waals surface area (Å²) >= 11 is 0. The van der Waals surface area contributed by atoms with Gasteiger partial charge in [0.2, 0.25) is 0 Å². The average molecular weight is 1450 g/mol. The molecule has 0 bridgehead atoms. The van der Waals surface area contributed by atoms with Crippen LogP contribution in [0, 0.1) is 54.6 Å². The molecule has 0 spiro atoms. The van der Waals surface area contributed by atoms with Gasteiger partial charge in [0.25, 0.3) is 26.1 Å². The van der Waals surface area contributed by atoms with Crippen molar-refractivity contribution in [1.29, 1.82) is 0 Å². The minimum absolute atomic E-state index is 0. The quantitative estimate of drug-likeness (QED) is 0.0181. The van der Waals surface area contributed by atoms with E-state index in [9.17, 15) is 62.0 Å². The summed E-state index contributed by atoms with van der Waals surface area (Å²) in [5.74, 6) is -1.69. The molecule has 4 N–H and O–H groups in total. The van der Waals surface area contributed by atoms with Gasteiger partial charge >= 0.3 is 29.1 Å². The Morgan fingerprint density at radius 2 is 0.980 bits per heavy atom.